The number of likely N-dealkylation sites (tertiary alicyclic amines) is 1. The van der Waals surface area contributed by atoms with Crippen LogP contribution in [-0.4, -0.2) is 63.4 Å². The summed E-state index contributed by atoms with van der Waals surface area (Å²) in [6.07, 6.45) is 1.06. The number of methoxy groups -OCH3 is 1. The van der Waals surface area contributed by atoms with Crippen molar-refractivity contribution in [2.45, 2.75) is 31.7 Å². The number of piperidine rings is 1. The SMILES string of the molecule is COc1ccc(C(=O)OCC(=O)N2CC(C)CC(C)C2)cc1S(=O)(=O)N(C)Cc1ccccc1. The number of hydrogen-bond acceptors (Lipinski definition) is 6. The van der Waals surface area contributed by atoms with Gasteiger partial charge in [0.25, 0.3) is 5.91 Å². The molecule has 184 valence electrons. The van der Waals surface area contributed by atoms with Crippen LogP contribution in [0, 0.1) is 11.8 Å². The second-order valence-corrected chi connectivity index (χ2v) is 10.9. The Labute approximate surface area is 201 Å². The Balaban J connectivity index is 1.73. The van der Waals surface area contributed by atoms with Gasteiger partial charge in [-0.05, 0) is 42.0 Å². The molecule has 0 N–H and O–H groups in total. The molecule has 1 heterocycles. The predicted octanol–water partition coefficient (Wildman–Crippen LogP) is 3.18. The van der Waals surface area contributed by atoms with Crippen LogP contribution in [0.4, 0.5) is 0 Å². The minimum absolute atomic E-state index is 0.0284. The van der Waals surface area contributed by atoms with E-state index in [0.29, 0.717) is 24.9 Å². The van der Waals surface area contributed by atoms with E-state index in [2.05, 4.69) is 13.8 Å². The standard InChI is InChI=1S/C25H32N2O6S/c1-18-12-19(2)15-27(14-18)24(28)17-33-25(29)21-10-11-22(32-4)23(13-21)34(30,31)26(3)16-20-8-6-5-7-9-20/h5-11,13,18-19H,12,14-17H2,1-4H3. The molecule has 0 aliphatic carbocycles. The van der Waals surface area contributed by atoms with Crippen molar-refractivity contribution in [2.24, 2.45) is 11.8 Å². The monoisotopic (exact) mass is 488 g/mol. The zero-order chi connectivity index (χ0) is 24.9. The summed E-state index contributed by atoms with van der Waals surface area (Å²) in [5.41, 5.74) is 0.851. The van der Waals surface area contributed by atoms with Crippen molar-refractivity contribution in [3.8, 4) is 5.75 Å². The minimum Gasteiger partial charge on any atom is -0.495 e. The fourth-order valence-electron chi connectivity index (χ4n) is 4.27. The first-order valence-corrected chi connectivity index (χ1v) is 12.7. The van der Waals surface area contributed by atoms with E-state index >= 15 is 0 Å². The zero-order valence-corrected chi connectivity index (χ0v) is 20.9. The Kier molecular flexibility index (Phi) is 8.33. The topological polar surface area (TPSA) is 93.2 Å². The maximum Gasteiger partial charge on any atom is 0.338 e. The lowest BCUT2D eigenvalue weighted by molar-refractivity contribution is -0.137. The number of hydrogen-bond donors (Lipinski definition) is 0. The minimum atomic E-state index is -3.97. The molecule has 0 spiro atoms. The van der Waals surface area contributed by atoms with Gasteiger partial charge in [0.1, 0.15) is 10.6 Å². The summed E-state index contributed by atoms with van der Waals surface area (Å²) in [5, 5.41) is 0. The zero-order valence-electron chi connectivity index (χ0n) is 20.1. The first-order valence-electron chi connectivity index (χ1n) is 11.2. The van der Waals surface area contributed by atoms with Gasteiger partial charge in [0.15, 0.2) is 6.61 Å². The van der Waals surface area contributed by atoms with Crippen LogP contribution in [0.2, 0.25) is 0 Å². The van der Waals surface area contributed by atoms with Crippen molar-refractivity contribution in [2.75, 3.05) is 33.9 Å². The molecule has 2 unspecified atom stereocenters. The third-order valence-electron chi connectivity index (χ3n) is 5.88. The van der Waals surface area contributed by atoms with Gasteiger partial charge in [-0.1, -0.05) is 44.2 Å². The van der Waals surface area contributed by atoms with E-state index in [9.17, 15) is 18.0 Å². The highest BCUT2D eigenvalue weighted by atomic mass is 32.2. The molecule has 0 radical (unpaired) electrons. The van der Waals surface area contributed by atoms with Gasteiger partial charge in [-0.25, -0.2) is 13.2 Å². The van der Waals surface area contributed by atoms with Crippen LogP contribution < -0.4 is 4.74 Å². The van der Waals surface area contributed by atoms with E-state index in [-0.39, 0.29) is 35.3 Å². The van der Waals surface area contributed by atoms with E-state index in [0.717, 1.165) is 12.0 Å². The molecule has 9 heteroatoms. The Hall–Kier alpha value is -2.91. The molecule has 2 aromatic carbocycles. The summed E-state index contributed by atoms with van der Waals surface area (Å²) in [7, 11) is -1.14. The number of sulfonamides is 1. The molecule has 2 atom stereocenters. The van der Waals surface area contributed by atoms with Crippen LogP contribution in [0.5, 0.6) is 5.75 Å². The van der Waals surface area contributed by atoms with Crippen molar-refractivity contribution in [3.63, 3.8) is 0 Å². The van der Waals surface area contributed by atoms with E-state index in [4.69, 9.17) is 9.47 Å². The lowest BCUT2D eigenvalue weighted by Crippen LogP contribution is -2.44. The summed E-state index contributed by atoms with van der Waals surface area (Å²) < 4.78 is 38.2. The second kappa shape index (κ2) is 11.0. The largest absolute Gasteiger partial charge is 0.495 e. The third kappa shape index (κ3) is 6.15. The number of esters is 1. The summed E-state index contributed by atoms with van der Waals surface area (Å²) >= 11 is 0. The molecule has 1 amide bonds. The number of carbonyl (C=O) groups is 2. The normalized spacial score (nSPS) is 18.6. The van der Waals surface area contributed by atoms with Gasteiger partial charge in [0.05, 0.1) is 12.7 Å². The predicted molar refractivity (Wildman–Crippen MR) is 128 cm³/mol. The van der Waals surface area contributed by atoms with Crippen LogP contribution in [0.1, 0.15) is 36.2 Å². The Morgan fingerprint density at radius 1 is 1.06 bits per heavy atom. The summed E-state index contributed by atoms with van der Waals surface area (Å²) in [4.78, 5) is 26.8. The van der Waals surface area contributed by atoms with Crippen LogP contribution in [0.3, 0.4) is 0 Å². The molecule has 34 heavy (non-hydrogen) atoms. The molecule has 8 nitrogen and oxygen atoms in total. The lowest BCUT2D eigenvalue weighted by Gasteiger charge is -2.34. The number of rotatable bonds is 8. The fourth-order valence-corrected chi connectivity index (χ4v) is 5.60. The maximum absolute atomic E-state index is 13.3. The van der Waals surface area contributed by atoms with Crippen LogP contribution in [0.25, 0.3) is 0 Å². The number of benzene rings is 2. The first kappa shape index (κ1) is 25.7. The quantitative estimate of drug-likeness (QED) is 0.530. The van der Waals surface area contributed by atoms with E-state index < -0.39 is 16.0 Å². The highest BCUT2D eigenvalue weighted by Gasteiger charge is 2.28. The Morgan fingerprint density at radius 3 is 2.32 bits per heavy atom. The van der Waals surface area contributed by atoms with Crippen molar-refractivity contribution in [1.82, 2.24) is 9.21 Å². The summed E-state index contributed by atoms with van der Waals surface area (Å²) in [6.45, 7) is 5.23. The van der Waals surface area contributed by atoms with Crippen LogP contribution in [-0.2, 0) is 26.1 Å². The number of amides is 1. The van der Waals surface area contributed by atoms with Crippen molar-refractivity contribution in [3.05, 3.63) is 59.7 Å². The smallest absolute Gasteiger partial charge is 0.338 e. The van der Waals surface area contributed by atoms with Gasteiger partial charge in [-0.3, -0.25) is 4.79 Å². The Morgan fingerprint density at radius 2 is 1.71 bits per heavy atom. The molecule has 2 aromatic rings. The number of nitrogens with zero attached hydrogens (tertiary/aromatic N) is 2. The highest BCUT2D eigenvalue weighted by molar-refractivity contribution is 7.89. The molecule has 0 saturated carbocycles. The molecular weight excluding hydrogens is 456 g/mol. The third-order valence-corrected chi connectivity index (χ3v) is 7.71. The fraction of sp³-hybridized carbons (Fsp3) is 0.440. The van der Waals surface area contributed by atoms with E-state index in [1.807, 2.05) is 30.3 Å². The van der Waals surface area contributed by atoms with Gasteiger partial charge >= 0.3 is 5.97 Å². The molecular formula is C25H32N2O6S. The molecule has 0 bridgehead atoms. The average molecular weight is 489 g/mol. The van der Waals surface area contributed by atoms with Gasteiger partial charge in [0, 0.05) is 26.7 Å². The van der Waals surface area contributed by atoms with Gasteiger partial charge in [-0.15, -0.1) is 0 Å². The van der Waals surface area contributed by atoms with Gasteiger partial charge in [-0.2, -0.15) is 4.31 Å². The van der Waals surface area contributed by atoms with Crippen molar-refractivity contribution >= 4 is 21.9 Å². The van der Waals surface area contributed by atoms with E-state index in [1.165, 1.54) is 36.7 Å². The average Bonchev–Trinajstić information content (AvgIpc) is 2.81. The molecule has 1 aliphatic heterocycles. The van der Waals surface area contributed by atoms with Crippen molar-refractivity contribution < 1.29 is 27.5 Å². The maximum atomic E-state index is 13.3. The summed E-state index contributed by atoms with van der Waals surface area (Å²) in [5.74, 6) is -0.118. The second-order valence-electron chi connectivity index (χ2n) is 8.93. The molecule has 0 aromatic heterocycles. The van der Waals surface area contributed by atoms with Crippen LogP contribution in [0.15, 0.2) is 53.4 Å². The summed E-state index contributed by atoms with van der Waals surface area (Å²) in [6, 6.07) is 13.2. The highest BCUT2D eigenvalue weighted by Crippen LogP contribution is 2.28. The number of ether oxygens (including phenoxy) is 2. The molecule has 1 aliphatic rings. The first-order chi connectivity index (χ1) is 16.1. The molecule has 1 fully saturated rings. The van der Waals surface area contributed by atoms with E-state index in [1.54, 1.807) is 4.90 Å². The molecule has 3 rings (SSSR count). The van der Waals surface area contributed by atoms with Gasteiger partial charge < -0.3 is 14.4 Å². The van der Waals surface area contributed by atoms with Gasteiger partial charge in [0.2, 0.25) is 10.0 Å². The van der Waals surface area contributed by atoms with Crippen LogP contribution >= 0.6 is 0 Å². The molecule has 1 saturated heterocycles. The Bertz CT molecular complexity index is 1110. The lowest BCUT2D eigenvalue weighted by atomic mass is 9.92. The number of carbonyl (C=O) groups excluding carboxylic acids is 2. The van der Waals surface area contributed by atoms with Crippen molar-refractivity contribution in [1.29, 1.82) is 0 Å².